The van der Waals surface area contributed by atoms with Gasteiger partial charge in [-0.1, -0.05) is 20.8 Å². The third kappa shape index (κ3) is 4.63. The van der Waals surface area contributed by atoms with Gasteiger partial charge in [-0.25, -0.2) is 0 Å². The fourth-order valence-electron chi connectivity index (χ4n) is 1.57. The third-order valence-corrected chi connectivity index (χ3v) is 2.25. The summed E-state index contributed by atoms with van der Waals surface area (Å²) >= 11 is 0. The van der Waals surface area contributed by atoms with E-state index in [1.807, 2.05) is 13.8 Å². The first-order valence-corrected chi connectivity index (χ1v) is 5.59. The van der Waals surface area contributed by atoms with Crippen molar-refractivity contribution in [3.05, 3.63) is 0 Å². The second kappa shape index (κ2) is 7.34. The first kappa shape index (κ1) is 12.9. The van der Waals surface area contributed by atoms with Crippen molar-refractivity contribution >= 4 is 0 Å². The molecule has 80 valence electrons. The standard InChI is InChI=1S/C9H19NO.C2H6/c1-4-5-10-6-9(3)11-7-8(10)2;1-2/h8-9H,4-7H2,1-3H3;1-2H3/t8-,9-;/m0./s1. The lowest BCUT2D eigenvalue weighted by Crippen LogP contribution is -2.47. The van der Waals surface area contributed by atoms with E-state index in [0.29, 0.717) is 12.1 Å². The molecule has 0 radical (unpaired) electrons. The zero-order chi connectivity index (χ0) is 10.3. The SMILES string of the molecule is CC.CCCN1C[C@H](C)OC[C@@H]1C. The van der Waals surface area contributed by atoms with E-state index < -0.39 is 0 Å². The molecule has 0 aromatic rings. The summed E-state index contributed by atoms with van der Waals surface area (Å²) in [5, 5.41) is 0. The van der Waals surface area contributed by atoms with Crippen LogP contribution in [0.3, 0.4) is 0 Å². The van der Waals surface area contributed by atoms with E-state index in [0.717, 1.165) is 13.2 Å². The second-order valence-corrected chi connectivity index (χ2v) is 3.49. The Morgan fingerprint density at radius 2 is 1.92 bits per heavy atom. The fourth-order valence-corrected chi connectivity index (χ4v) is 1.57. The molecule has 2 atom stereocenters. The van der Waals surface area contributed by atoms with Gasteiger partial charge in [0, 0.05) is 12.6 Å². The van der Waals surface area contributed by atoms with E-state index in [1.165, 1.54) is 13.0 Å². The van der Waals surface area contributed by atoms with Crippen LogP contribution < -0.4 is 0 Å². The smallest absolute Gasteiger partial charge is 0.0674 e. The Kier molecular flexibility index (Phi) is 7.29. The molecule has 1 rings (SSSR count). The lowest BCUT2D eigenvalue weighted by atomic mass is 10.2. The molecule has 0 aromatic heterocycles. The molecular weight excluding hydrogens is 162 g/mol. The highest BCUT2D eigenvalue weighted by Crippen LogP contribution is 2.10. The molecule has 1 fully saturated rings. The normalized spacial score (nSPS) is 29.3. The molecule has 2 heteroatoms. The summed E-state index contributed by atoms with van der Waals surface area (Å²) in [5.74, 6) is 0. The van der Waals surface area contributed by atoms with Crippen molar-refractivity contribution in [1.29, 1.82) is 0 Å². The lowest BCUT2D eigenvalue weighted by molar-refractivity contribution is -0.0490. The second-order valence-electron chi connectivity index (χ2n) is 3.49. The van der Waals surface area contributed by atoms with Crippen LogP contribution in [0.25, 0.3) is 0 Å². The maximum atomic E-state index is 5.52. The first-order chi connectivity index (χ1) is 6.24. The molecule has 0 amide bonds. The van der Waals surface area contributed by atoms with Gasteiger partial charge in [0.15, 0.2) is 0 Å². The molecule has 0 saturated carbocycles. The van der Waals surface area contributed by atoms with Gasteiger partial charge in [-0.15, -0.1) is 0 Å². The summed E-state index contributed by atoms with van der Waals surface area (Å²) < 4.78 is 5.52. The van der Waals surface area contributed by atoms with Crippen LogP contribution in [0, 0.1) is 0 Å². The van der Waals surface area contributed by atoms with Gasteiger partial charge in [0.2, 0.25) is 0 Å². The summed E-state index contributed by atoms with van der Waals surface area (Å²) in [6.07, 6.45) is 1.68. The molecule has 13 heavy (non-hydrogen) atoms. The van der Waals surface area contributed by atoms with Gasteiger partial charge in [-0.2, -0.15) is 0 Å². The zero-order valence-electron chi connectivity index (χ0n) is 9.84. The average Bonchev–Trinajstić information content (AvgIpc) is 2.15. The Hall–Kier alpha value is -0.0800. The van der Waals surface area contributed by atoms with Crippen LogP contribution in [0.5, 0.6) is 0 Å². The van der Waals surface area contributed by atoms with Gasteiger partial charge in [-0.05, 0) is 26.8 Å². The first-order valence-electron chi connectivity index (χ1n) is 5.59. The summed E-state index contributed by atoms with van der Waals surface area (Å²) in [7, 11) is 0. The summed E-state index contributed by atoms with van der Waals surface area (Å²) in [6.45, 7) is 13.8. The average molecular weight is 187 g/mol. The van der Waals surface area contributed by atoms with Crippen molar-refractivity contribution < 1.29 is 4.74 Å². The molecule has 0 unspecified atom stereocenters. The molecule has 1 aliphatic heterocycles. The number of ether oxygens (including phenoxy) is 1. The quantitative estimate of drug-likeness (QED) is 0.658. The highest BCUT2D eigenvalue weighted by Gasteiger charge is 2.21. The Morgan fingerprint density at radius 1 is 1.31 bits per heavy atom. The van der Waals surface area contributed by atoms with Crippen molar-refractivity contribution in [2.45, 2.75) is 53.2 Å². The Morgan fingerprint density at radius 3 is 2.46 bits per heavy atom. The number of hydrogen-bond donors (Lipinski definition) is 0. The van der Waals surface area contributed by atoms with Crippen LogP contribution in [-0.2, 0) is 4.74 Å². The number of hydrogen-bond acceptors (Lipinski definition) is 2. The Labute approximate surface area is 83.3 Å². The van der Waals surface area contributed by atoms with E-state index in [9.17, 15) is 0 Å². The van der Waals surface area contributed by atoms with E-state index in [1.54, 1.807) is 0 Å². The number of morpholine rings is 1. The van der Waals surface area contributed by atoms with Crippen molar-refractivity contribution in [2.24, 2.45) is 0 Å². The maximum Gasteiger partial charge on any atom is 0.0674 e. The molecule has 0 aliphatic carbocycles. The molecule has 0 bridgehead atoms. The van der Waals surface area contributed by atoms with Crippen LogP contribution in [0.4, 0.5) is 0 Å². The van der Waals surface area contributed by atoms with Crippen LogP contribution in [-0.4, -0.2) is 36.7 Å². The monoisotopic (exact) mass is 187 g/mol. The highest BCUT2D eigenvalue weighted by molar-refractivity contribution is 4.74. The number of rotatable bonds is 2. The summed E-state index contributed by atoms with van der Waals surface area (Å²) in [5.41, 5.74) is 0. The van der Waals surface area contributed by atoms with Crippen LogP contribution in [0.1, 0.15) is 41.0 Å². The van der Waals surface area contributed by atoms with Crippen molar-refractivity contribution in [2.75, 3.05) is 19.7 Å². The zero-order valence-corrected chi connectivity index (χ0v) is 9.84. The molecule has 2 nitrogen and oxygen atoms in total. The highest BCUT2D eigenvalue weighted by atomic mass is 16.5. The van der Waals surface area contributed by atoms with Gasteiger partial charge in [-0.3, -0.25) is 4.90 Å². The minimum absolute atomic E-state index is 0.428. The van der Waals surface area contributed by atoms with Gasteiger partial charge in [0.25, 0.3) is 0 Å². The van der Waals surface area contributed by atoms with Crippen molar-refractivity contribution in [1.82, 2.24) is 4.90 Å². The van der Waals surface area contributed by atoms with Crippen LogP contribution in [0.2, 0.25) is 0 Å². The van der Waals surface area contributed by atoms with Gasteiger partial charge in [0.05, 0.1) is 12.7 Å². The minimum Gasteiger partial charge on any atom is -0.376 e. The van der Waals surface area contributed by atoms with E-state index in [-0.39, 0.29) is 0 Å². The Bertz CT molecular complexity index is 117. The molecule has 0 aromatic carbocycles. The lowest BCUT2D eigenvalue weighted by Gasteiger charge is -2.36. The molecule has 0 spiro atoms. The van der Waals surface area contributed by atoms with Crippen LogP contribution >= 0.6 is 0 Å². The van der Waals surface area contributed by atoms with Gasteiger partial charge in [0.1, 0.15) is 0 Å². The summed E-state index contributed by atoms with van der Waals surface area (Å²) in [4.78, 5) is 2.51. The third-order valence-electron chi connectivity index (χ3n) is 2.25. The van der Waals surface area contributed by atoms with E-state index in [4.69, 9.17) is 4.74 Å². The minimum atomic E-state index is 0.428. The van der Waals surface area contributed by atoms with Crippen molar-refractivity contribution in [3.63, 3.8) is 0 Å². The molecule has 1 saturated heterocycles. The Balaban J connectivity index is 0.000000671. The molecule has 0 N–H and O–H groups in total. The van der Waals surface area contributed by atoms with E-state index >= 15 is 0 Å². The van der Waals surface area contributed by atoms with Crippen LogP contribution in [0.15, 0.2) is 0 Å². The van der Waals surface area contributed by atoms with Crippen molar-refractivity contribution in [3.8, 4) is 0 Å². The van der Waals surface area contributed by atoms with Gasteiger partial charge >= 0.3 is 0 Å². The fraction of sp³-hybridized carbons (Fsp3) is 1.00. The van der Waals surface area contributed by atoms with E-state index in [2.05, 4.69) is 25.7 Å². The predicted molar refractivity (Wildman–Crippen MR) is 58.1 cm³/mol. The largest absolute Gasteiger partial charge is 0.376 e. The maximum absolute atomic E-state index is 5.52. The molecule has 1 aliphatic rings. The molecule has 1 heterocycles. The summed E-state index contributed by atoms with van der Waals surface area (Å²) in [6, 6.07) is 0.617. The number of nitrogens with zero attached hydrogens (tertiary/aromatic N) is 1. The van der Waals surface area contributed by atoms with Gasteiger partial charge < -0.3 is 4.74 Å². The molecular formula is C11H25NO. The topological polar surface area (TPSA) is 12.5 Å². The predicted octanol–water partition coefficient (Wildman–Crippen LogP) is 2.53.